The number of benzene rings is 2. The summed E-state index contributed by atoms with van der Waals surface area (Å²) < 4.78 is 39.9. The Morgan fingerprint density at radius 1 is 0.973 bits per heavy atom. The molecule has 184 valence electrons. The molecule has 9 nitrogen and oxygen atoms in total. The molecule has 0 aliphatic heterocycles. The van der Waals surface area contributed by atoms with E-state index in [1.165, 1.54) is 12.1 Å². The van der Waals surface area contributed by atoms with Crippen LogP contribution in [0.2, 0.25) is 0 Å². The van der Waals surface area contributed by atoms with Crippen LogP contribution in [0.1, 0.15) is 5.56 Å². The molecule has 0 bridgehead atoms. The van der Waals surface area contributed by atoms with E-state index < -0.39 is 15.8 Å². The number of sulfonamides is 1. The van der Waals surface area contributed by atoms with E-state index in [1.54, 1.807) is 18.5 Å². The normalized spacial score (nSPS) is 11.9. The van der Waals surface area contributed by atoms with Crippen molar-refractivity contribution < 1.29 is 12.8 Å². The summed E-state index contributed by atoms with van der Waals surface area (Å²) in [4.78, 5) is 17.0. The first kappa shape index (κ1) is 23.0. The summed E-state index contributed by atoms with van der Waals surface area (Å²) in [6.45, 7) is -0.0166. The standard InChI is InChI=1S/C26H20FN7O2S/c1-37(35,36)30-13-15-9-16(11-17(27)10-15)18-5-4-7-21-24(18)32-26(31-21)25-19-12-22(20-6-2-3-8-28-20)29-14-23(19)33-34-25/h2-12,14,30H,13H2,1H3,(H,31,32)(H,33,34). The molecule has 4 aromatic heterocycles. The van der Waals surface area contributed by atoms with E-state index in [2.05, 4.69) is 29.9 Å². The minimum absolute atomic E-state index is 0.0166. The third-order valence-electron chi connectivity index (χ3n) is 5.92. The number of nitrogens with one attached hydrogen (secondary N) is 3. The van der Waals surface area contributed by atoms with Crippen LogP contribution in [-0.2, 0) is 16.6 Å². The first-order valence-electron chi connectivity index (χ1n) is 11.3. The number of aromatic amines is 2. The van der Waals surface area contributed by atoms with E-state index in [4.69, 9.17) is 4.98 Å². The Labute approximate surface area is 210 Å². The van der Waals surface area contributed by atoms with E-state index in [9.17, 15) is 12.8 Å². The summed E-state index contributed by atoms with van der Waals surface area (Å²) in [5, 5.41) is 8.30. The summed E-state index contributed by atoms with van der Waals surface area (Å²) >= 11 is 0. The van der Waals surface area contributed by atoms with Crippen LogP contribution in [0.5, 0.6) is 0 Å². The number of para-hydroxylation sites is 1. The molecule has 0 radical (unpaired) electrons. The van der Waals surface area contributed by atoms with Crippen LogP contribution in [0.15, 0.2) is 73.1 Å². The van der Waals surface area contributed by atoms with Crippen LogP contribution in [0.3, 0.4) is 0 Å². The molecule has 3 N–H and O–H groups in total. The van der Waals surface area contributed by atoms with Gasteiger partial charge in [-0.1, -0.05) is 18.2 Å². The van der Waals surface area contributed by atoms with Crippen LogP contribution in [0.4, 0.5) is 4.39 Å². The SMILES string of the molecule is CS(=O)(=O)NCc1cc(F)cc(-c2cccc3[nH]c(-c4n[nH]c5cnc(-c6ccccn6)cc45)nc23)c1. The lowest BCUT2D eigenvalue weighted by atomic mass is 10.0. The van der Waals surface area contributed by atoms with Crippen molar-refractivity contribution in [1.29, 1.82) is 0 Å². The topological polar surface area (TPSA) is 129 Å². The maximum Gasteiger partial charge on any atom is 0.209 e. The minimum Gasteiger partial charge on any atom is -0.337 e. The molecule has 37 heavy (non-hydrogen) atoms. The highest BCUT2D eigenvalue weighted by Gasteiger charge is 2.17. The molecule has 0 amide bonds. The van der Waals surface area contributed by atoms with E-state index in [1.807, 2.05) is 42.5 Å². The van der Waals surface area contributed by atoms with Gasteiger partial charge in [0, 0.05) is 23.7 Å². The zero-order chi connectivity index (χ0) is 25.6. The number of H-pyrrole nitrogens is 2. The molecule has 6 aromatic rings. The Morgan fingerprint density at radius 2 is 1.86 bits per heavy atom. The van der Waals surface area contributed by atoms with Gasteiger partial charge in [-0.3, -0.25) is 15.1 Å². The molecule has 0 spiro atoms. The molecule has 4 heterocycles. The minimum atomic E-state index is -3.42. The molecule has 0 aliphatic rings. The summed E-state index contributed by atoms with van der Waals surface area (Å²) in [6, 6.07) is 17.6. The van der Waals surface area contributed by atoms with Crippen LogP contribution >= 0.6 is 0 Å². The summed E-state index contributed by atoms with van der Waals surface area (Å²) in [6.07, 6.45) is 4.49. The van der Waals surface area contributed by atoms with Crippen LogP contribution in [-0.4, -0.2) is 44.8 Å². The van der Waals surface area contributed by atoms with Gasteiger partial charge in [-0.05, 0) is 53.6 Å². The highest BCUT2D eigenvalue weighted by molar-refractivity contribution is 7.88. The smallest absolute Gasteiger partial charge is 0.209 e. The highest BCUT2D eigenvalue weighted by atomic mass is 32.2. The fourth-order valence-electron chi connectivity index (χ4n) is 4.25. The Balaban J connectivity index is 1.44. The lowest BCUT2D eigenvalue weighted by Crippen LogP contribution is -2.21. The molecule has 0 saturated carbocycles. The monoisotopic (exact) mass is 513 g/mol. The molecular formula is C26H20FN7O2S. The number of imidazole rings is 1. The third kappa shape index (κ3) is 4.57. The van der Waals surface area contributed by atoms with Gasteiger partial charge in [0.1, 0.15) is 11.5 Å². The molecule has 11 heteroatoms. The lowest BCUT2D eigenvalue weighted by Gasteiger charge is -2.08. The first-order chi connectivity index (χ1) is 17.8. The predicted molar refractivity (Wildman–Crippen MR) is 139 cm³/mol. The number of halogens is 1. The van der Waals surface area contributed by atoms with Crippen molar-refractivity contribution >= 4 is 32.0 Å². The van der Waals surface area contributed by atoms with Crippen molar-refractivity contribution in [1.82, 2.24) is 34.9 Å². The van der Waals surface area contributed by atoms with Crippen LogP contribution in [0.25, 0.3) is 56.0 Å². The maximum absolute atomic E-state index is 14.5. The van der Waals surface area contributed by atoms with E-state index in [0.29, 0.717) is 39.4 Å². The fraction of sp³-hybridized carbons (Fsp3) is 0.0769. The number of pyridine rings is 2. The molecule has 0 unspecified atom stereocenters. The number of aromatic nitrogens is 6. The zero-order valence-corrected chi connectivity index (χ0v) is 20.3. The predicted octanol–water partition coefficient (Wildman–Crippen LogP) is 4.42. The largest absolute Gasteiger partial charge is 0.337 e. The first-order valence-corrected chi connectivity index (χ1v) is 13.2. The number of hydrogen-bond donors (Lipinski definition) is 3. The van der Waals surface area contributed by atoms with Gasteiger partial charge in [0.05, 0.1) is 40.4 Å². The van der Waals surface area contributed by atoms with Gasteiger partial charge in [-0.15, -0.1) is 0 Å². The number of fused-ring (bicyclic) bond motifs is 2. The molecule has 0 fully saturated rings. The van der Waals surface area contributed by atoms with Crippen LogP contribution < -0.4 is 4.72 Å². The van der Waals surface area contributed by atoms with Gasteiger partial charge in [-0.25, -0.2) is 22.5 Å². The molecule has 0 atom stereocenters. The zero-order valence-electron chi connectivity index (χ0n) is 19.5. The van der Waals surface area contributed by atoms with Crippen molar-refractivity contribution in [2.24, 2.45) is 0 Å². The second-order valence-electron chi connectivity index (χ2n) is 8.63. The van der Waals surface area contributed by atoms with Gasteiger partial charge in [0.25, 0.3) is 0 Å². The number of hydrogen-bond acceptors (Lipinski definition) is 6. The van der Waals surface area contributed by atoms with Crippen molar-refractivity contribution in [3.8, 4) is 34.0 Å². The quantitative estimate of drug-likeness (QED) is 0.302. The summed E-state index contributed by atoms with van der Waals surface area (Å²) in [5.41, 5.74) is 6.01. The summed E-state index contributed by atoms with van der Waals surface area (Å²) in [7, 11) is -3.42. The Kier molecular flexibility index (Phi) is 5.50. The van der Waals surface area contributed by atoms with Crippen LogP contribution in [0, 0.1) is 5.82 Å². The maximum atomic E-state index is 14.5. The van der Waals surface area contributed by atoms with Gasteiger partial charge in [-0.2, -0.15) is 5.10 Å². The fourth-order valence-corrected chi connectivity index (χ4v) is 4.68. The van der Waals surface area contributed by atoms with Crippen molar-refractivity contribution in [2.45, 2.75) is 6.54 Å². The second kappa shape index (κ2) is 8.87. The average molecular weight is 514 g/mol. The highest BCUT2D eigenvalue weighted by Crippen LogP contribution is 2.33. The van der Waals surface area contributed by atoms with Gasteiger partial charge >= 0.3 is 0 Å². The molecule has 2 aromatic carbocycles. The lowest BCUT2D eigenvalue weighted by molar-refractivity contribution is 0.586. The van der Waals surface area contributed by atoms with E-state index in [0.717, 1.165) is 28.4 Å². The van der Waals surface area contributed by atoms with Gasteiger partial charge in [0.15, 0.2) is 5.82 Å². The summed E-state index contributed by atoms with van der Waals surface area (Å²) in [5.74, 6) is 0.0747. The Hall–Kier alpha value is -4.48. The van der Waals surface area contributed by atoms with E-state index in [-0.39, 0.29) is 6.54 Å². The third-order valence-corrected chi connectivity index (χ3v) is 6.59. The van der Waals surface area contributed by atoms with Crippen molar-refractivity contribution in [3.63, 3.8) is 0 Å². The van der Waals surface area contributed by atoms with Gasteiger partial charge in [0.2, 0.25) is 10.0 Å². The molecular weight excluding hydrogens is 493 g/mol. The van der Waals surface area contributed by atoms with Gasteiger partial charge < -0.3 is 4.98 Å². The van der Waals surface area contributed by atoms with Crippen molar-refractivity contribution in [3.05, 3.63) is 84.4 Å². The molecule has 0 saturated heterocycles. The second-order valence-corrected chi connectivity index (χ2v) is 10.5. The number of nitrogens with zero attached hydrogens (tertiary/aromatic N) is 4. The molecule has 6 rings (SSSR count). The Bertz CT molecular complexity index is 1880. The molecule has 0 aliphatic carbocycles. The Morgan fingerprint density at radius 3 is 2.68 bits per heavy atom. The average Bonchev–Trinajstić information content (AvgIpc) is 3.51. The number of rotatable bonds is 6. The van der Waals surface area contributed by atoms with Crippen molar-refractivity contribution in [2.75, 3.05) is 6.26 Å². The van der Waals surface area contributed by atoms with E-state index >= 15 is 0 Å².